The highest BCUT2D eigenvalue weighted by Gasteiger charge is 2.48. The summed E-state index contributed by atoms with van der Waals surface area (Å²) in [5, 5.41) is 5.64. The van der Waals surface area contributed by atoms with E-state index in [1.165, 1.54) is 6.92 Å². The molecule has 2 N–H and O–H groups in total. The number of rotatable bonds is 5. The molecule has 0 spiro atoms. The van der Waals surface area contributed by atoms with Gasteiger partial charge >= 0.3 is 0 Å². The largest absolute Gasteiger partial charge is 0.326 e. The Labute approximate surface area is 146 Å². The summed E-state index contributed by atoms with van der Waals surface area (Å²) in [6, 6.07) is 14.4. The molecule has 1 aliphatic rings. The number of hydrogen-bond donors (Lipinski definition) is 2. The number of Topliss-reactive ketones (excluding diaryl/α,β-unsaturated/α-hetero) is 1. The average molecular weight is 336 g/mol. The summed E-state index contributed by atoms with van der Waals surface area (Å²) < 4.78 is 0. The van der Waals surface area contributed by atoms with Crippen molar-refractivity contribution >= 4 is 29.0 Å². The molecule has 2 aromatic rings. The van der Waals surface area contributed by atoms with Crippen LogP contribution in [-0.2, 0) is 9.59 Å². The van der Waals surface area contributed by atoms with Gasteiger partial charge in [0.1, 0.15) is 0 Å². The van der Waals surface area contributed by atoms with Crippen LogP contribution in [0.25, 0.3) is 0 Å². The van der Waals surface area contributed by atoms with Crippen LogP contribution < -0.4 is 10.6 Å². The van der Waals surface area contributed by atoms with Crippen molar-refractivity contribution in [1.82, 2.24) is 0 Å². The van der Waals surface area contributed by atoms with Crippen molar-refractivity contribution in [2.24, 2.45) is 11.8 Å². The lowest BCUT2D eigenvalue weighted by molar-refractivity contribution is -0.122. The third-order valence-electron chi connectivity index (χ3n) is 4.29. The maximum absolute atomic E-state index is 12.3. The van der Waals surface area contributed by atoms with E-state index in [1.807, 2.05) is 31.2 Å². The Balaban J connectivity index is 1.57. The van der Waals surface area contributed by atoms with E-state index in [2.05, 4.69) is 10.6 Å². The Bertz CT molecular complexity index is 844. The van der Waals surface area contributed by atoms with Gasteiger partial charge in [-0.2, -0.15) is 0 Å². The lowest BCUT2D eigenvalue weighted by atomic mass is 10.1. The summed E-state index contributed by atoms with van der Waals surface area (Å²) in [4.78, 5) is 36.0. The second-order valence-corrected chi connectivity index (χ2v) is 6.43. The van der Waals surface area contributed by atoms with Gasteiger partial charge in [-0.25, -0.2) is 0 Å². The van der Waals surface area contributed by atoms with Crippen LogP contribution in [0, 0.1) is 18.8 Å². The Morgan fingerprint density at radius 2 is 1.44 bits per heavy atom. The summed E-state index contributed by atoms with van der Waals surface area (Å²) in [6.07, 6.45) is 0.538. The molecule has 128 valence electrons. The Kier molecular flexibility index (Phi) is 4.65. The van der Waals surface area contributed by atoms with Gasteiger partial charge < -0.3 is 10.6 Å². The van der Waals surface area contributed by atoms with Crippen molar-refractivity contribution in [1.29, 1.82) is 0 Å². The summed E-state index contributed by atoms with van der Waals surface area (Å²) in [7, 11) is 0. The van der Waals surface area contributed by atoms with Crippen molar-refractivity contribution in [3.8, 4) is 0 Å². The first-order valence-electron chi connectivity index (χ1n) is 8.23. The van der Waals surface area contributed by atoms with E-state index in [0.29, 0.717) is 17.7 Å². The number of benzene rings is 2. The minimum absolute atomic E-state index is 0.0575. The quantitative estimate of drug-likeness (QED) is 0.822. The molecule has 1 aliphatic carbocycles. The molecule has 0 bridgehead atoms. The second-order valence-electron chi connectivity index (χ2n) is 6.43. The van der Waals surface area contributed by atoms with Gasteiger partial charge in [0.25, 0.3) is 0 Å². The normalized spacial score (nSPS) is 18.3. The van der Waals surface area contributed by atoms with Crippen LogP contribution in [0.4, 0.5) is 11.4 Å². The third kappa shape index (κ3) is 4.12. The second kappa shape index (κ2) is 6.89. The Hall–Kier alpha value is -2.95. The first-order chi connectivity index (χ1) is 11.9. The number of nitrogens with one attached hydrogen (secondary N) is 2. The van der Waals surface area contributed by atoms with Crippen LogP contribution in [-0.4, -0.2) is 17.6 Å². The minimum Gasteiger partial charge on any atom is -0.326 e. The molecule has 2 atom stereocenters. The smallest absolute Gasteiger partial charge is 0.228 e. The Morgan fingerprint density at radius 3 is 2.00 bits per heavy atom. The highest BCUT2D eigenvalue weighted by Crippen LogP contribution is 2.40. The van der Waals surface area contributed by atoms with E-state index in [-0.39, 0.29) is 29.4 Å². The molecule has 2 amide bonds. The van der Waals surface area contributed by atoms with E-state index in [1.54, 1.807) is 24.3 Å². The summed E-state index contributed by atoms with van der Waals surface area (Å²) in [6.45, 7) is 3.44. The fraction of sp³-hybridized carbons (Fsp3) is 0.250. The predicted octanol–water partition coefficient (Wildman–Crippen LogP) is 3.41. The molecule has 5 nitrogen and oxygen atoms in total. The zero-order valence-electron chi connectivity index (χ0n) is 14.2. The number of ketones is 1. The van der Waals surface area contributed by atoms with Gasteiger partial charge in [0, 0.05) is 16.9 Å². The summed E-state index contributed by atoms with van der Waals surface area (Å²) in [5.74, 6) is -1.02. The highest BCUT2D eigenvalue weighted by atomic mass is 16.2. The van der Waals surface area contributed by atoms with Crippen molar-refractivity contribution in [2.45, 2.75) is 20.3 Å². The molecule has 3 rings (SSSR count). The van der Waals surface area contributed by atoms with E-state index >= 15 is 0 Å². The van der Waals surface area contributed by atoms with Crippen LogP contribution in [0.5, 0.6) is 0 Å². The standard InChI is InChI=1S/C20H20N2O3/c1-12-5-3-7-15(9-12)21-19(24)17-11-18(17)20(25)22-16-8-4-6-14(10-16)13(2)23/h3-10,17-18H,11H2,1-2H3,(H,21,24)(H,22,25). The van der Waals surface area contributed by atoms with Crippen molar-refractivity contribution in [2.75, 3.05) is 10.6 Å². The summed E-state index contributed by atoms with van der Waals surface area (Å²) >= 11 is 0. The fourth-order valence-corrected chi connectivity index (χ4v) is 2.78. The van der Waals surface area contributed by atoms with Crippen LogP contribution in [0.15, 0.2) is 48.5 Å². The molecule has 0 saturated heterocycles. The van der Waals surface area contributed by atoms with Crippen LogP contribution >= 0.6 is 0 Å². The van der Waals surface area contributed by atoms with Gasteiger partial charge in [-0.05, 0) is 50.1 Å². The molecule has 1 saturated carbocycles. The molecular weight excluding hydrogens is 316 g/mol. The van der Waals surface area contributed by atoms with Gasteiger partial charge in [0.15, 0.2) is 5.78 Å². The maximum atomic E-state index is 12.3. The van der Waals surface area contributed by atoms with Crippen molar-refractivity contribution in [3.63, 3.8) is 0 Å². The van der Waals surface area contributed by atoms with Crippen molar-refractivity contribution < 1.29 is 14.4 Å². The predicted molar refractivity (Wildman–Crippen MR) is 96.5 cm³/mol. The molecule has 2 aromatic carbocycles. The number of aryl methyl sites for hydroxylation is 1. The van der Waals surface area contributed by atoms with Crippen LogP contribution in [0.1, 0.15) is 29.3 Å². The van der Waals surface area contributed by atoms with Gasteiger partial charge in [0.05, 0.1) is 11.8 Å². The molecule has 0 aliphatic heterocycles. The van der Waals surface area contributed by atoms with Crippen molar-refractivity contribution in [3.05, 3.63) is 59.7 Å². The lowest BCUT2D eigenvalue weighted by Crippen LogP contribution is -2.20. The number of hydrogen-bond acceptors (Lipinski definition) is 3. The Morgan fingerprint density at radius 1 is 0.880 bits per heavy atom. The number of carbonyl (C=O) groups excluding carboxylic acids is 3. The maximum Gasteiger partial charge on any atom is 0.228 e. The number of carbonyl (C=O) groups is 3. The third-order valence-corrected chi connectivity index (χ3v) is 4.29. The molecule has 0 radical (unpaired) electrons. The summed E-state index contributed by atoms with van der Waals surface area (Å²) in [5.41, 5.74) is 2.92. The molecule has 1 fully saturated rings. The van der Waals surface area contributed by atoms with Gasteiger partial charge in [-0.15, -0.1) is 0 Å². The molecule has 0 heterocycles. The van der Waals surface area contributed by atoms with E-state index in [4.69, 9.17) is 0 Å². The van der Waals surface area contributed by atoms with E-state index < -0.39 is 0 Å². The first-order valence-corrected chi connectivity index (χ1v) is 8.23. The molecular formula is C20H20N2O3. The molecule has 5 heteroatoms. The zero-order valence-corrected chi connectivity index (χ0v) is 14.2. The molecule has 25 heavy (non-hydrogen) atoms. The zero-order chi connectivity index (χ0) is 18.0. The van der Waals surface area contributed by atoms with Gasteiger partial charge in [0.2, 0.25) is 11.8 Å². The van der Waals surface area contributed by atoms with Crippen LogP contribution in [0.2, 0.25) is 0 Å². The SMILES string of the molecule is CC(=O)c1cccc(NC(=O)C2CC2C(=O)Nc2cccc(C)c2)c1. The minimum atomic E-state index is -0.328. The number of anilines is 2. The molecule has 2 unspecified atom stereocenters. The van der Waals surface area contributed by atoms with Gasteiger partial charge in [-0.1, -0.05) is 24.3 Å². The number of amides is 2. The van der Waals surface area contributed by atoms with E-state index in [0.717, 1.165) is 11.3 Å². The lowest BCUT2D eigenvalue weighted by Gasteiger charge is -2.07. The monoisotopic (exact) mass is 336 g/mol. The fourth-order valence-electron chi connectivity index (χ4n) is 2.78. The molecule has 0 aromatic heterocycles. The highest BCUT2D eigenvalue weighted by molar-refractivity contribution is 6.04. The van der Waals surface area contributed by atoms with E-state index in [9.17, 15) is 14.4 Å². The first kappa shape index (κ1) is 16.9. The van der Waals surface area contributed by atoms with Gasteiger partial charge in [-0.3, -0.25) is 14.4 Å². The van der Waals surface area contributed by atoms with Crippen LogP contribution in [0.3, 0.4) is 0 Å². The topological polar surface area (TPSA) is 75.3 Å². The average Bonchev–Trinajstić information content (AvgIpc) is 3.36.